The van der Waals surface area contributed by atoms with Crippen molar-refractivity contribution < 1.29 is 13.2 Å². The molecule has 0 aromatic heterocycles. The minimum Gasteiger partial charge on any atom is -0.357 e. The summed E-state index contributed by atoms with van der Waals surface area (Å²) in [6.45, 7) is 7.64. The Morgan fingerprint density at radius 3 is 2.39 bits per heavy atom. The van der Waals surface area contributed by atoms with Gasteiger partial charge >= 0.3 is 0 Å². The van der Waals surface area contributed by atoms with Crippen LogP contribution in [0.2, 0.25) is 0 Å². The number of aliphatic imine (C=N–C) groups is 1. The average molecular weight is 462 g/mol. The second-order valence-electron chi connectivity index (χ2n) is 5.32. The number of carbonyl (C=O) groups is 1. The van der Waals surface area contributed by atoms with E-state index in [9.17, 15) is 13.2 Å². The SMILES string of the molecule is CCCNC(=O)CCN=C(NCC)NC(C)CCS(C)(=O)=O.I. The number of rotatable bonds is 10. The summed E-state index contributed by atoms with van der Waals surface area (Å²) < 4.78 is 22.3. The second-order valence-corrected chi connectivity index (χ2v) is 7.58. The third-order valence-electron chi connectivity index (χ3n) is 2.83. The van der Waals surface area contributed by atoms with Crippen molar-refractivity contribution in [1.29, 1.82) is 0 Å². The predicted octanol–water partition coefficient (Wildman–Crippen LogP) is 0.899. The van der Waals surface area contributed by atoms with Crippen molar-refractivity contribution in [3.63, 3.8) is 0 Å². The van der Waals surface area contributed by atoms with Crippen LogP contribution in [0.5, 0.6) is 0 Å². The molecule has 0 fully saturated rings. The highest BCUT2D eigenvalue weighted by molar-refractivity contribution is 14.0. The molecule has 0 aliphatic heterocycles. The van der Waals surface area contributed by atoms with Gasteiger partial charge < -0.3 is 16.0 Å². The quantitative estimate of drug-likeness (QED) is 0.255. The molecule has 0 saturated heterocycles. The molecule has 0 aromatic carbocycles. The lowest BCUT2D eigenvalue weighted by molar-refractivity contribution is -0.120. The molecule has 0 heterocycles. The van der Waals surface area contributed by atoms with E-state index in [0.29, 0.717) is 38.4 Å². The molecular formula is C14H31IN4O3S. The first-order valence-corrected chi connectivity index (χ1v) is 9.83. The third kappa shape index (κ3) is 16.1. The van der Waals surface area contributed by atoms with E-state index < -0.39 is 9.84 Å². The van der Waals surface area contributed by atoms with Crippen LogP contribution in [0.1, 0.15) is 40.0 Å². The Bertz CT molecular complexity index is 455. The van der Waals surface area contributed by atoms with Gasteiger partial charge in [-0.3, -0.25) is 9.79 Å². The van der Waals surface area contributed by atoms with E-state index in [4.69, 9.17) is 0 Å². The maximum absolute atomic E-state index is 11.5. The van der Waals surface area contributed by atoms with Crippen LogP contribution >= 0.6 is 24.0 Å². The summed E-state index contributed by atoms with van der Waals surface area (Å²) in [4.78, 5) is 15.8. The van der Waals surface area contributed by atoms with Gasteiger partial charge in [0.05, 0.1) is 12.3 Å². The number of amides is 1. The van der Waals surface area contributed by atoms with Gasteiger partial charge in [-0.2, -0.15) is 0 Å². The molecule has 23 heavy (non-hydrogen) atoms. The number of guanidine groups is 1. The zero-order chi connectivity index (χ0) is 17.0. The van der Waals surface area contributed by atoms with Crippen molar-refractivity contribution in [2.45, 2.75) is 46.1 Å². The van der Waals surface area contributed by atoms with Crippen LogP contribution in [0, 0.1) is 0 Å². The summed E-state index contributed by atoms with van der Waals surface area (Å²) in [7, 11) is -2.96. The molecule has 0 radical (unpaired) electrons. The lowest BCUT2D eigenvalue weighted by Crippen LogP contribution is -2.43. The number of sulfone groups is 1. The fourth-order valence-corrected chi connectivity index (χ4v) is 2.42. The maximum atomic E-state index is 11.5. The standard InChI is InChI=1S/C14H30N4O3S.HI/c1-5-9-16-13(19)7-10-17-14(15-6-2)18-12(3)8-11-22(4,20)21;/h12H,5-11H2,1-4H3,(H,16,19)(H2,15,17,18);1H. The van der Waals surface area contributed by atoms with Crippen molar-refractivity contribution in [1.82, 2.24) is 16.0 Å². The Morgan fingerprint density at radius 1 is 1.22 bits per heavy atom. The lowest BCUT2D eigenvalue weighted by Gasteiger charge is -2.17. The molecule has 1 atom stereocenters. The summed E-state index contributed by atoms with van der Waals surface area (Å²) >= 11 is 0. The maximum Gasteiger partial charge on any atom is 0.221 e. The van der Waals surface area contributed by atoms with Crippen molar-refractivity contribution in [2.24, 2.45) is 4.99 Å². The van der Waals surface area contributed by atoms with Gasteiger partial charge in [-0.05, 0) is 26.7 Å². The van der Waals surface area contributed by atoms with Gasteiger partial charge in [0.1, 0.15) is 9.84 Å². The Balaban J connectivity index is 0. The summed E-state index contributed by atoms with van der Waals surface area (Å²) in [6, 6.07) is -0.0126. The summed E-state index contributed by atoms with van der Waals surface area (Å²) in [5, 5.41) is 9.04. The lowest BCUT2D eigenvalue weighted by atomic mass is 10.3. The Kier molecular flexibility index (Phi) is 14.8. The minimum absolute atomic E-state index is 0. The first kappa shape index (κ1) is 24.7. The molecule has 0 aliphatic rings. The molecule has 1 amide bonds. The second kappa shape index (κ2) is 13.8. The average Bonchev–Trinajstić information content (AvgIpc) is 2.42. The van der Waals surface area contributed by atoms with Crippen LogP contribution in [0.15, 0.2) is 4.99 Å². The zero-order valence-electron chi connectivity index (χ0n) is 14.5. The molecule has 3 N–H and O–H groups in total. The fraction of sp³-hybridized carbons (Fsp3) is 0.857. The largest absolute Gasteiger partial charge is 0.357 e. The molecule has 0 aromatic rings. The summed E-state index contributed by atoms with van der Waals surface area (Å²) in [5.74, 6) is 0.735. The summed E-state index contributed by atoms with van der Waals surface area (Å²) in [6.07, 6.45) is 3.00. The molecule has 7 nitrogen and oxygen atoms in total. The first-order valence-electron chi connectivity index (χ1n) is 7.77. The first-order chi connectivity index (χ1) is 10.3. The third-order valence-corrected chi connectivity index (χ3v) is 3.81. The molecule has 0 spiro atoms. The van der Waals surface area contributed by atoms with Crippen molar-refractivity contribution >= 4 is 45.7 Å². The molecule has 0 aliphatic carbocycles. The van der Waals surface area contributed by atoms with Gasteiger partial charge in [0.2, 0.25) is 5.91 Å². The van der Waals surface area contributed by atoms with Crippen LogP contribution < -0.4 is 16.0 Å². The zero-order valence-corrected chi connectivity index (χ0v) is 17.7. The number of nitrogens with one attached hydrogen (secondary N) is 3. The van der Waals surface area contributed by atoms with Crippen molar-refractivity contribution in [2.75, 3.05) is 31.6 Å². The van der Waals surface area contributed by atoms with Crippen LogP contribution in [0.25, 0.3) is 0 Å². The molecule has 138 valence electrons. The van der Waals surface area contributed by atoms with Gasteiger partial charge in [-0.15, -0.1) is 24.0 Å². The van der Waals surface area contributed by atoms with E-state index in [-0.39, 0.29) is 41.7 Å². The molecular weight excluding hydrogens is 431 g/mol. The highest BCUT2D eigenvalue weighted by Gasteiger charge is 2.09. The number of hydrogen-bond donors (Lipinski definition) is 3. The smallest absolute Gasteiger partial charge is 0.221 e. The van der Waals surface area contributed by atoms with Crippen LogP contribution in [-0.4, -0.2) is 58.0 Å². The Labute approximate surface area is 157 Å². The topological polar surface area (TPSA) is 99.7 Å². The molecule has 1 unspecified atom stereocenters. The number of nitrogens with zero attached hydrogens (tertiary/aromatic N) is 1. The van der Waals surface area contributed by atoms with E-state index in [1.807, 2.05) is 20.8 Å². The van der Waals surface area contributed by atoms with Crippen LogP contribution in [-0.2, 0) is 14.6 Å². The molecule has 0 bridgehead atoms. The highest BCUT2D eigenvalue weighted by atomic mass is 127. The fourth-order valence-electron chi connectivity index (χ4n) is 1.64. The van der Waals surface area contributed by atoms with Gasteiger partial charge in [-0.1, -0.05) is 6.92 Å². The van der Waals surface area contributed by atoms with Gasteiger partial charge in [-0.25, -0.2) is 8.42 Å². The van der Waals surface area contributed by atoms with E-state index >= 15 is 0 Å². The van der Waals surface area contributed by atoms with Gasteiger partial charge in [0.15, 0.2) is 5.96 Å². The Hall–Kier alpha value is -0.580. The monoisotopic (exact) mass is 462 g/mol. The number of halogens is 1. The van der Waals surface area contributed by atoms with E-state index in [0.717, 1.165) is 6.42 Å². The highest BCUT2D eigenvalue weighted by Crippen LogP contribution is 1.95. The van der Waals surface area contributed by atoms with E-state index in [1.54, 1.807) is 0 Å². The van der Waals surface area contributed by atoms with E-state index in [1.165, 1.54) is 6.26 Å². The van der Waals surface area contributed by atoms with E-state index in [2.05, 4.69) is 20.9 Å². The van der Waals surface area contributed by atoms with Crippen LogP contribution in [0.4, 0.5) is 0 Å². The minimum atomic E-state index is -2.96. The molecule has 0 saturated carbocycles. The van der Waals surface area contributed by atoms with Gasteiger partial charge in [0.25, 0.3) is 0 Å². The van der Waals surface area contributed by atoms with Crippen LogP contribution in [0.3, 0.4) is 0 Å². The van der Waals surface area contributed by atoms with Crippen molar-refractivity contribution in [3.05, 3.63) is 0 Å². The molecule has 0 rings (SSSR count). The molecule has 9 heteroatoms. The normalized spacial score (nSPS) is 13.0. The predicted molar refractivity (Wildman–Crippen MR) is 106 cm³/mol. The Morgan fingerprint density at radius 2 is 1.87 bits per heavy atom. The summed E-state index contributed by atoms with van der Waals surface area (Å²) in [5.41, 5.74) is 0. The number of hydrogen-bond acceptors (Lipinski definition) is 4. The van der Waals surface area contributed by atoms with Gasteiger partial charge in [0, 0.05) is 31.8 Å². The van der Waals surface area contributed by atoms with Crippen molar-refractivity contribution in [3.8, 4) is 0 Å². The number of carbonyl (C=O) groups excluding carboxylic acids is 1.